The molecule has 0 spiro atoms. The van der Waals surface area contributed by atoms with Crippen LogP contribution in [0.15, 0.2) is 23.0 Å². The number of aromatic amines is 1. The molecule has 8 heteroatoms. The number of benzene rings is 1. The largest absolute Gasteiger partial charge is 0.479 e. The highest BCUT2D eigenvalue weighted by atomic mass is 35.5. The average molecular weight is 366 g/mol. The van der Waals surface area contributed by atoms with E-state index < -0.39 is 11.9 Å². The van der Waals surface area contributed by atoms with Crippen molar-refractivity contribution in [3.63, 3.8) is 0 Å². The lowest BCUT2D eigenvalue weighted by molar-refractivity contribution is -0.139. The lowest BCUT2D eigenvalue weighted by Crippen LogP contribution is -2.44. The van der Waals surface area contributed by atoms with Gasteiger partial charge in [-0.05, 0) is 38.5 Å². The molecular formula is C17H17ClFN3O3. The second-order valence-electron chi connectivity index (χ2n) is 5.92. The van der Waals surface area contributed by atoms with Gasteiger partial charge in [-0.15, -0.1) is 0 Å². The minimum atomic E-state index is -0.799. The van der Waals surface area contributed by atoms with Gasteiger partial charge >= 0.3 is 0 Å². The number of nitrogens with one attached hydrogen (secondary N) is 1. The summed E-state index contributed by atoms with van der Waals surface area (Å²) in [6, 6.07) is 3.73. The zero-order chi connectivity index (χ0) is 18.1. The van der Waals surface area contributed by atoms with Crippen molar-refractivity contribution < 1.29 is 13.9 Å². The molecule has 25 heavy (non-hydrogen) atoms. The number of hydrogen-bond donors (Lipinski definition) is 1. The molecule has 0 aliphatic carbocycles. The lowest BCUT2D eigenvalue weighted by Gasteiger charge is -2.30. The quantitative estimate of drug-likeness (QED) is 0.905. The monoisotopic (exact) mass is 365 g/mol. The van der Waals surface area contributed by atoms with Crippen molar-refractivity contribution in [3.8, 4) is 5.75 Å². The highest BCUT2D eigenvalue weighted by Gasteiger charge is 2.28. The molecule has 1 aromatic heterocycles. The molecule has 0 fully saturated rings. The zero-order valence-electron chi connectivity index (χ0n) is 13.8. The number of ether oxygens (including phenoxy) is 1. The standard InChI is InChI=1S/C17H17ClFN3O3/c1-9(25-15-4-3-11(19)7-13(15)18)17(24)22-6-5-12-14(8-22)20-10(2)21-16(12)23/h3-4,7,9H,5-6,8H2,1-2H3,(H,20,21,23)/t9-/m0/s1. The van der Waals surface area contributed by atoms with Crippen molar-refractivity contribution in [3.05, 3.63) is 56.5 Å². The summed E-state index contributed by atoms with van der Waals surface area (Å²) in [4.78, 5) is 33.1. The van der Waals surface area contributed by atoms with Crippen molar-refractivity contribution in [2.75, 3.05) is 6.54 Å². The van der Waals surface area contributed by atoms with Crippen molar-refractivity contribution in [2.24, 2.45) is 0 Å². The van der Waals surface area contributed by atoms with Gasteiger partial charge in [0.2, 0.25) is 0 Å². The van der Waals surface area contributed by atoms with Crippen LogP contribution in [-0.2, 0) is 17.8 Å². The van der Waals surface area contributed by atoms with Crippen LogP contribution < -0.4 is 10.3 Å². The minimum Gasteiger partial charge on any atom is -0.479 e. The Labute approximate surface area is 148 Å². The van der Waals surface area contributed by atoms with Gasteiger partial charge in [-0.1, -0.05) is 11.6 Å². The van der Waals surface area contributed by atoms with E-state index >= 15 is 0 Å². The molecule has 1 aliphatic heterocycles. The van der Waals surface area contributed by atoms with Gasteiger partial charge in [0.1, 0.15) is 17.4 Å². The molecule has 3 rings (SSSR count). The molecule has 2 heterocycles. The van der Waals surface area contributed by atoms with E-state index in [1.54, 1.807) is 18.7 Å². The first-order valence-corrected chi connectivity index (χ1v) is 8.22. The Balaban J connectivity index is 1.73. The third-order valence-electron chi connectivity index (χ3n) is 4.05. The number of fused-ring (bicyclic) bond motifs is 1. The molecule has 1 atom stereocenters. The Bertz CT molecular complexity index is 884. The molecule has 0 saturated carbocycles. The van der Waals surface area contributed by atoms with Crippen LogP contribution in [0.2, 0.25) is 5.02 Å². The van der Waals surface area contributed by atoms with Gasteiger partial charge < -0.3 is 14.6 Å². The maximum Gasteiger partial charge on any atom is 0.263 e. The van der Waals surface area contributed by atoms with Crippen molar-refractivity contribution in [1.29, 1.82) is 0 Å². The van der Waals surface area contributed by atoms with E-state index in [1.807, 2.05) is 0 Å². The Hall–Kier alpha value is -2.41. The number of halogens is 2. The van der Waals surface area contributed by atoms with Gasteiger partial charge in [0.05, 0.1) is 17.3 Å². The van der Waals surface area contributed by atoms with E-state index in [0.717, 1.165) is 6.07 Å². The maximum absolute atomic E-state index is 13.1. The van der Waals surface area contributed by atoms with E-state index in [2.05, 4.69) is 9.97 Å². The number of aromatic nitrogens is 2. The van der Waals surface area contributed by atoms with E-state index in [0.29, 0.717) is 30.0 Å². The third-order valence-corrected chi connectivity index (χ3v) is 4.34. The second kappa shape index (κ2) is 6.84. The van der Waals surface area contributed by atoms with Crippen LogP contribution in [0.1, 0.15) is 24.0 Å². The van der Waals surface area contributed by atoms with Gasteiger partial charge in [-0.2, -0.15) is 0 Å². The fraction of sp³-hybridized carbons (Fsp3) is 0.353. The number of carbonyl (C=O) groups is 1. The molecule has 0 radical (unpaired) electrons. The number of aryl methyl sites for hydroxylation is 1. The van der Waals surface area contributed by atoms with Crippen LogP contribution in [-0.4, -0.2) is 33.4 Å². The van der Waals surface area contributed by atoms with E-state index in [4.69, 9.17) is 16.3 Å². The smallest absolute Gasteiger partial charge is 0.263 e. The molecule has 2 aromatic rings. The first-order chi connectivity index (χ1) is 11.8. The number of hydrogen-bond acceptors (Lipinski definition) is 4. The summed E-state index contributed by atoms with van der Waals surface area (Å²) in [7, 11) is 0. The average Bonchev–Trinajstić information content (AvgIpc) is 2.55. The lowest BCUT2D eigenvalue weighted by atomic mass is 10.1. The van der Waals surface area contributed by atoms with Crippen molar-refractivity contribution >= 4 is 17.5 Å². The molecular weight excluding hydrogens is 349 g/mol. The fourth-order valence-corrected chi connectivity index (χ4v) is 3.03. The predicted molar refractivity (Wildman–Crippen MR) is 90.2 cm³/mol. The van der Waals surface area contributed by atoms with E-state index in [1.165, 1.54) is 12.1 Å². The summed E-state index contributed by atoms with van der Waals surface area (Å²) in [5.41, 5.74) is 1.06. The highest BCUT2D eigenvalue weighted by Crippen LogP contribution is 2.26. The molecule has 6 nitrogen and oxygen atoms in total. The summed E-state index contributed by atoms with van der Waals surface area (Å²) < 4.78 is 18.7. The van der Waals surface area contributed by atoms with Crippen molar-refractivity contribution in [2.45, 2.75) is 32.9 Å². The van der Waals surface area contributed by atoms with Crippen LogP contribution >= 0.6 is 11.6 Å². The SMILES string of the molecule is Cc1nc2c(c(=O)[nH]1)CCN(C(=O)[C@H](C)Oc1ccc(F)cc1Cl)C2. The Morgan fingerprint density at radius 1 is 1.48 bits per heavy atom. The summed E-state index contributed by atoms with van der Waals surface area (Å²) in [6.45, 7) is 3.97. The third kappa shape index (κ3) is 3.66. The Kier molecular flexibility index (Phi) is 4.76. The molecule has 0 unspecified atom stereocenters. The van der Waals surface area contributed by atoms with E-state index in [9.17, 15) is 14.0 Å². The molecule has 1 aliphatic rings. The van der Waals surface area contributed by atoms with Gasteiger partial charge in [-0.3, -0.25) is 9.59 Å². The fourth-order valence-electron chi connectivity index (χ4n) is 2.82. The van der Waals surface area contributed by atoms with Crippen LogP contribution in [0.4, 0.5) is 4.39 Å². The predicted octanol–water partition coefficient (Wildman–Crippen LogP) is 2.22. The number of amides is 1. The minimum absolute atomic E-state index is 0.104. The Morgan fingerprint density at radius 2 is 2.24 bits per heavy atom. The first-order valence-electron chi connectivity index (χ1n) is 7.84. The summed E-state index contributed by atoms with van der Waals surface area (Å²) in [5, 5.41) is 0.104. The van der Waals surface area contributed by atoms with Gasteiger partial charge in [0, 0.05) is 12.1 Å². The van der Waals surface area contributed by atoms with Gasteiger partial charge in [-0.25, -0.2) is 9.37 Å². The number of carbonyl (C=O) groups excluding carboxylic acids is 1. The molecule has 132 valence electrons. The summed E-state index contributed by atoms with van der Waals surface area (Å²) >= 11 is 5.93. The second-order valence-corrected chi connectivity index (χ2v) is 6.33. The summed E-state index contributed by atoms with van der Waals surface area (Å²) in [5.74, 6) is 0.0357. The first kappa shape index (κ1) is 17.4. The number of rotatable bonds is 3. The van der Waals surface area contributed by atoms with Crippen LogP contribution in [0.3, 0.4) is 0 Å². The number of nitrogens with zero attached hydrogens (tertiary/aromatic N) is 2. The topological polar surface area (TPSA) is 75.3 Å². The van der Waals surface area contributed by atoms with Gasteiger partial charge in [0.25, 0.3) is 11.5 Å². The van der Waals surface area contributed by atoms with Crippen LogP contribution in [0.25, 0.3) is 0 Å². The molecule has 1 amide bonds. The normalized spacial score (nSPS) is 14.8. The maximum atomic E-state index is 13.1. The molecule has 1 aromatic carbocycles. The zero-order valence-corrected chi connectivity index (χ0v) is 14.6. The summed E-state index contributed by atoms with van der Waals surface area (Å²) in [6.07, 6.45) is -0.360. The van der Waals surface area contributed by atoms with Crippen LogP contribution in [0.5, 0.6) is 5.75 Å². The van der Waals surface area contributed by atoms with E-state index in [-0.39, 0.29) is 28.8 Å². The van der Waals surface area contributed by atoms with Crippen molar-refractivity contribution in [1.82, 2.24) is 14.9 Å². The Morgan fingerprint density at radius 3 is 2.96 bits per heavy atom. The van der Waals surface area contributed by atoms with Crippen LogP contribution in [0, 0.1) is 12.7 Å². The molecule has 0 saturated heterocycles. The highest BCUT2D eigenvalue weighted by molar-refractivity contribution is 6.32. The molecule has 0 bridgehead atoms. The molecule has 1 N–H and O–H groups in total. The number of H-pyrrole nitrogens is 1. The van der Waals surface area contributed by atoms with Gasteiger partial charge in [0.15, 0.2) is 6.10 Å².